The highest BCUT2D eigenvalue weighted by atomic mass is 16.5. The van der Waals surface area contributed by atoms with Crippen molar-refractivity contribution in [2.75, 3.05) is 14.2 Å². The topological polar surface area (TPSA) is 102 Å². The third-order valence-corrected chi connectivity index (χ3v) is 2.35. The molecule has 1 aromatic rings. The Kier molecular flexibility index (Phi) is 3.66. The molecular formula is C9H15N5O3. The van der Waals surface area contributed by atoms with Crippen molar-refractivity contribution in [1.82, 2.24) is 20.1 Å². The van der Waals surface area contributed by atoms with Gasteiger partial charge in [-0.2, -0.15) is 4.98 Å². The highest BCUT2D eigenvalue weighted by Gasteiger charge is 2.34. The number of hydrogen-bond donors (Lipinski definition) is 2. The van der Waals surface area contributed by atoms with E-state index in [-0.39, 0.29) is 11.7 Å². The Morgan fingerprint density at radius 3 is 2.71 bits per heavy atom. The molecule has 0 aliphatic carbocycles. The Morgan fingerprint density at radius 1 is 1.65 bits per heavy atom. The van der Waals surface area contributed by atoms with Gasteiger partial charge in [0.05, 0.1) is 7.11 Å². The van der Waals surface area contributed by atoms with E-state index in [2.05, 4.69) is 20.6 Å². The minimum absolute atomic E-state index is 0.0763. The van der Waals surface area contributed by atoms with Gasteiger partial charge < -0.3 is 15.3 Å². The maximum absolute atomic E-state index is 11.5. The summed E-state index contributed by atoms with van der Waals surface area (Å²) in [7, 11) is 2.89. The third kappa shape index (κ3) is 2.35. The monoisotopic (exact) mass is 241 g/mol. The Balaban J connectivity index is 3.12. The van der Waals surface area contributed by atoms with Gasteiger partial charge in [-0.05, 0) is 13.8 Å². The Bertz CT molecular complexity index is 438. The second-order valence-electron chi connectivity index (χ2n) is 3.76. The van der Waals surface area contributed by atoms with E-state index in [1.54, 1.807) is 13.8 Å². The van der Waals surface area contributed by atoms with Gasteiger partial charge in [-0.15, -0.1) is 5.10 Å². The van der Waals surface area contributed by atoms with Crippen molar-refractivity contribution in [3.8, 4) is 6.01 Å². The third-order valence-electron chi connectivity index (χ3n) is 2.35. The highest BCUT2D eigenvalue weighted by molar-refractivity contribution is 6.41. The van der Waals surface area contributed by atoms with E-state index in [1.165, 1.54) is 25.2 Å². The molecule has 0 atom stereocenters. The van der Waals surface area contributed by atoms with E-state index >= 15 is 0 Å². The zero-order valence-electron chi connectivity index (χ0n) is 10.1. The van der Waals surface area contributed by atoms with Crippen LogP contribution in [0.1, 0.15) is 13.8 Å². The summed E-state index contributed by atoms with van der Waals surface area (Å²) >= 11 is 0. The second kappa shape index (κ2) is 4.81. The van der Waals surface area contributed by atoms with Gasteiger partial charge in [0, 0.05) is 7.05 Å². The van der Waals surface area contributed by atoms with Crippen molar-refractivity contribution in [2.45, 2.75) is 19.4 Å². The molecule has 0 aliphatic rings. The standard InChI is InChI=1S/C9H15N5O3/c1-9(2,6(13-16)7(15)10-3)14-5-11-8(12-14)17-4/h5,16H,1-4H3,(H,10,15)/b13-6-. The van der Waals surface area contributed by atoms with Crippen molar-refractivity contribution < 1.29 is 14.7 Å². The number of amides is 1. The molecule has 0 spiro atoms. The molecule has 0 saturated carbocycles. The van der Waals surface area contributed by atoms with Crippen LogP contribution in [0, 0.1) is 0 Å². The van der Waals surface area contributed by atoms with E-state index in [1.807, 2.05) is 0 Å². The van der Waals surface area contributed by atoms with Gasteiger partial charge in [0.25, 0.3) is 5.91 Å². The summed E-state index contributed by atoms with van der Waals surface area (Å²) in [5.74, 6) is -0.494. The fraction of sp³-hybridized carbons (Fsp3) is 0.556. The molecule has 1 aromatic heterocycles. The molecule has 17 heavy (non-hydrogen) atoms. The largest absolute Gasteiger partial charge is 0.466 e. The normalized spacial score (nSPS) is 12.4. The van der Waals surface area contributed by atoms with Crippen molar-refractivity contribution >= 4 is 11.6 Å². The van der Waals surface area contributed by atoms with Crippen LogP contribution in [-0.4, -0.2) is 45.7 Å². The minimum atomic E-state index is -0.946. The number of rotatable bonds is 4. The van der Waals surface area contributed by atoms with E-state index < -0.39 is 11.4 Å². The molecule has 0 radical (unpaired) electrons. The van der Waals surface area contributed by atoms with Crippen LogP contribution in [0.15, 0.2) is 11.5 Å². The first-order chi connectivity index (χ1) is 7.97. The molecule has 2 N–H and O–H groups in total. The smallest absolute Gasteiger partial charge is 0.335 e. The van der Waals surface area contributed by atoms with Crippen molar-refractivity contribution in [3.05, 3.63) is 6.33 Å². The van der Waals surface area contributed by atoms with E-state index in [4.69, 9.17) is 9.94 Å². The number of hydrogen-bond acceptors (Lipinski definition) is 6. The number of nitrogens with one attached hydrogen (secondary N) is 1. The summed E-state index contributed by atoms with van der Waals surface area (Å²) in [6.45, 7) is 3.34. The molecule has 1 amide bonds. The average molecular weight is 241 g/mol. The van der Waals surface area contributed by atoms with Gasteiger partial charge in [-0.1, -0.05) is 5.16 Å². The molecule has 8 nitrogen and oxygen atoms in total. The predicted molar refractivity (Wildman–Crippen MR) is 59.2 cm³/mol. The van der Waals surface area contributed by atoms with E-state index in [9.17, 15) is 4.79 Å². The molecule has 1 rings (SSSR count). The lowest BCUT2D eigenvalue weighted by Gasteiger charge is -2.24. The Labute approximate surface area is 98.3 Å². The molecule has 94 valence electrons. The molecule has 0 aliphatic heterocycles. The minimum Gasteiger partial charge on any atom is -0.466 e. The van der Waals surface area contributed by atoms with Crippen LogP contribution in [0.5, 0.6) is 6.01 Å². The van der Waals surface area contributed by atoms with E-state index in [0.29, 0.717) is 0 Å². The zero-order valence-corrected chi connectivity index (χ0v) is 10.1. The molecule has 0 saturated heterocycles. The molecule has 1 heterocycles. The lowest BCUT2D eigenvalue weighted by molar-refractivity contribution is -0.114. The molecule has 0 unspecified atom stereocenters. The summed E-state index contributed by atoms with van der Waals surface area (Å²) in [6, 6.07) is 0.173. The van der Waals surface area contributed by atoms with Crippen molar-refractivity contribution in [1.29, 1.82) is 0 Å². The quantitative estimate of drug-likeness (QED) is 0.424. The van der Waals surface area contributed by atoms with Gasteiger partial charge in [-0.3, -0.25) is 4.79 Å². The van der Waals surface area contributed by atoms with Gasteiger partial charge in [0.1, 0.15) is 11.9 Å². The number of aromatic nitrogens is 3. The predicted octanol–water partition coefficient (Wildman–Crippen LogP) is -0.402. The van der Waals surface area contributed by atoms with Crippen LogP contribution in [0.3, 0.4) is 0 Å². The van der Waals surface area contributed by atoms with Crippen molar-refractivity contribution in [2.24, 2.45) is 5.16 Å². The fourth-order valence-corrected chi connectivity index (χ4v) is 1.28. The summed E-state index contributed by atoms with van der Waals surface area (Å²) in [4.78, 5) is 15.4. The Morgan fingerprint density at radius 2 is 2.29 bits per heavy atom. The second-order valence-corrected chi connectivity index (χ2v) is 3.76. The lowest BCUT2D eigenvalue weighted by Crippen LogP contribution is -2.45. The first kappa shape index (κ1) is 12.9. The molecule has 8 heteroatoms. The van der Waals surface area contributed by atoms with Gasteiger partial charge in [0.2, 0.25) is 0 Å². The van der Waals surface area contributed by atoms with E-state index in [0.717, 1.165) is 0 Å². The molecule has 0 bridgehead atoms. The number of carbonyl (C=O) groups excluding carboxylic acids is 1. The molecular weight excluding hydrogens is 226 g/mol. The summed E-state index contributed by atoms with van der Waals surface area (Å²) in [5.41, 5.74) is -1.02. The van der Waals surface area contributed by atoms with Gasteiger partial charge in [-0.25, -0.2) is 4.68 Å². The average Bonchev–Trinajstić information content (AvgIpc) is 2.78. The fourth-order valence-electron chi connectivity index (χ4n) is 1.28. The highest BCUT2D eigenvalue weighted by Crippen LogP contribution is 2.17. The number of carbonyl (C=O) groups is 1. The number of oxime groups is 1. The maximum atomic E-state index is 11.5. The summed E-state index contributed by atoms with van der Waals surface area (Å²) in [6.07, 6.45) is 1.40. The Hall–Kier alpha value is -2.12. The van der Waals surface area contributed by atoms with Crippen LogP contribution in [0.2, 0.25) is 0 Å². The molecule has 0 fully saturated rings. The first-order valence-corrected chi connectivity index (χ1v) is 4.88. The number of nitrogens with zero attached hydrogens (tertiary/aromatic N) is 4. The maximum Gasteiger partial charge on any atom is 0.335 e. The van der Waals surface area contributed by atoms with Crippen LogP contribution in [-0.2, 0) is 10.3 Å². The number of methoxy groups -OCH3 is 1. The molecule has 0 aromatic carbocycles. The van der Waals surface area contributed by atoms with Crippen LogP contribution in [0.4, 0.5) is 0 Å². The SMILES string of the molecule is CNC(=O)/C(=N/O)C(C)(C)n1cnc(OC)n1. The van der Waals surface area contributed by atoms with Gasteiger partial charge in [0.15, 0.2) is 5.71 Å². The zero-order chi connectivity index (χ0) is 13.1. The number of ether oxygens (including phenoxy) is 1. The summed E-state index contributed by atoms with van der Waals surface area (Å²) < 4.78 is 6.23. The van der Waals surface area contributed by atoms with Gasteiger partial charge >= 0.3 is 6.01 Å². The summed E-state index contributed by atoms with van der Waals surface area (Å²) in [5, 5.41) is 18.3. The lowest BCUT2D eigenvalue weighted by atomic mass is 9.98. The van der Waals surface area contributed by atoms with Crippen molar-refractivity contribution in [3.63, 3.8) is 0 Å². The first-order valence-electron chi connectivity index (χ1n) is 4.88. The van der Waals surface area contributed by atoms with Crippen LogP contribution >= 0.6 is 0 Å². The van der Waals surface area contributed by atoms with Crippen LogP contribution in [0.25, 0.3) is 0 Å². The van der Waals surface area contributed by atoms with Crippen LogP contribution < -0.4 is 10.1 Å².